The van der Waals surface area contributed by atoms with Gasteiger partial charge < -0.3 is 0 Å². The highest BCUT2D eigenvalue weighted by molar-refractivity contribution is 7.92. The van der Waals surface area contributed by atoms with E-state index in [-0.39, 0.29) is 4.90 Å². The maximum absolute atomic E-state index is 13.0. The Morgan fingerprint density at radius 1 is 0.731 bits per heavy atom. The highest BCUT2D eigenvalue weighted by Gasteiger charge is 2.19. The second kappa shape index (κ2) is 6.57. The zero-order chi connectivity index (χ0) is 18.0. The summed E-state index contributed by atoms with van der Waals surface area (Å²) in [6.07, 6.45) is 3.17. The second-order valence-corrected chi connectivity index (χ2v) is 7.38. The molecule has 0 atom stereocenters. The second-order valence-electron chi connectivity index (χ2n) is 5.73. The van der Waals surface area contributed by atoms with Crippen LogP contribution in [0.1, 0.15) is 0 Å². The fraction of sp³-hybridized carbons (Fsp3) is 0. The quantitative estimate of drug-likeness (QED) is 0.594. The van der Waals surface area contributed by atoms with E-state index in [0.717, 1.165) is 5.56 Å². The van der Waals surface area contributed by atoms with Crippen molar-refractivity contribution in [3.63, 3.8) is 0 Å². The molecule has 0 saturated heterocycles. The van der Waals surface area contributed by atoms with E-state index < -0.39 is 10.0 Å². The van der Waals surface area contributed by atoms with Crippen LogP contribution in [-0.4, -0.2) is 18.4 Å². The van der Waals surface area contributed by atoms with Crippen molar-refractivity contribution in [3.05, 3.63) is 85.2 Å². The molecule has 1 aromatic heterocycles. The predicted molar refractivity (Wildman–Crippen MR) is 102 cm³/mol. The number of aromatic nitrogens is 2. The van der Waals surface area contributed by atoms with E-state index >= 15 is 0 Å². The maximum Gasteiger partial charge on any atom is 0.262 e. The fourth-order valence-electron chi connectivity index (χ4n) is 2.79. The van der Waals surface area contributed by atoms with Gasteiger partial charge in [0.2, 0.25) is 0 Å². The Kier molecular flexibility index (Phi) is 4.10. The molecular formula is C20H15N3O2S. The van der Waals surface area contributed by atoms with Crippen LogP contribution in [0.5, 0.6) is 0 Å². The average molecular weight is 361 g/mol. The van der Waals surface area contributed by atoms with E-state index in [1.54, 1.807) is 48.8 Å². The van der Waals surface area contributed by atoms with Gasteiger partial charge in [-0.05, 0) is 29.8 Å². The van der Waals surface area contributed by atoms with Crippen LogP contribution in [0.25, 0.3) is 22.2 Å². The topological polar surface area (TPSA) is 72.0 Å². The summed E-state index contributed by atoms with van der Waals surface area (Å²) in [5.41, 5.74) is 3.28. The molecule has 5 nitrogen and oxygen atoms in total. The molecule has 3 aromatic carbocycles. The first-order valence-corrected chi connectivity index (χ1v) is 9.50. The number of nitrogens with one attached hydrogen (secondary N) is 1. The molecule has 0 fully saturated rings. The lowest BCUT2D eigenvalue weighted by atomic mass is 10.1. The number of anilines is 1. The molecule has 0 saturated carbocycles. The summed E-state index contributed by atoms with van der Waals surface area (Å²) < 4.78 is 28.6. The third kappa shape index (κ3) is 3.14. The Balaban J connectivity index is 1.75. The van der Waals surface area contributed by atoms with Crippen LogP contribution in [0.15, 0.2) is 90.1 Å². The molecule has 1 N–H and O–H groups in total. The molecular weight excluding hydrogens is 346 g/mol. The van der Waals surface area contributed by atoms with E-state index in [1.807, 2.05) is 36.4 Å². The van der Waals surface area contributed by atoms with Gasteiger partial charge in [0.05, 0.1) is 21.6 Å². The average Bonchev–Trinajstić information content (AvgIpc) is 2.68. The number of benzene rings is 3. The Labute approximate surface area is 151 Å². The van der Waals surface area contributed by atoms with Crippen molar-refractivity contribution in [2.45, 2.75) is 4.90 Å². The van der Waals surface area contributed by atoms with Crippen molar-refractivity contribution in [2.24, 2.45) is 0 Å². The molecule has 0 aliphatic rings. The van der Waals surface area contributed by atoms with Gasteiger partial charge in [-0.25, -0.2) is 8.42 Å². The normalized spacial score (nSPS) is 11.4. The Hall–Kier alpha value is -3.25. The van der Waals surface area contributed by atoms with Gasteiger partial charge in [0.25, 0.3) is 10.0 Å². The first-order valence-electron chi connectivity index (χ1n) is 8.01. The van der Waals surface area contributed by atoms with E-state index in [2.05, 4.69) is 14.7 Å². The van der Waals surface area contributed by atoms with Crippen LogP contribution in [0, 0.1) is 0 Å². The van der Waals surface area contributed by atoms with Crippen LogP contribution >= 0.6 is 0 Å². The van der Waals surface area contributed by atoms with Gasteiger partial charge >= 0.3 is 0 Å². The fourth-order valence-corrected chi connectivity index (χ4v) is 4.07. The number of rotatable bonds is 4. The standard InChI is InChI=1S/C20H15N3O2S/c24-26(25,23-16-10-11-18-19(14-16)22-13-12-21-18)20-9-5-4-8-17(20)15-6-2-1-3-7-15/h1-14,23H. The first-order chi connectivity index (χ1) is 12.6. The van der Waals surface area contributed by atoms with Crippen LogP contribution in [0.2, 0.25) is 0 Å². The zero-order valence-electron chi connectivity index (χ0n) is 13.7. The highest BCUT2D eigenvalue weighted by Crippen LogP contribution is 2.28. The third-order valence-corrected chi connectivity index (χ3v) is 5.42. The van der Waals surface area contributed by atoms with Crippen molar-refractivity contribution in [2.75, 3.05) is 4.72 Å². The molecule has 0 aliphatic carbocycles. The van der Waals surface area contributed by atoms with Gasteiger partial charge in [-0.15, -0.1) is 0 Å². The van der Waals surface area contributed by atoms with Crippen LogP contribution in [0.3, 0.4) is 0 Å². The third-order valence-electron chi connectivity index (χ3n) is 3.98. The minimum atomic E-state index is -3.76. The van der Waals surface area contributed by atoms with Crippen LogP contribution in [0.4, 0.5) is 5.69 Å². The van der Waals surface area contributed by atoms with Crippen molar-refractivity contribution in [1.29, 1.82) is 0 Å². The molecule has 128 valence electrons. The lowest BCUT2D eigenvalue weighted by Crippen LogP contribution is -2.14. The van der Waals surface area contributed by atoms with E-state index in [4.69, 9.17) is 0 Å². The molecule has 0 radical (unpaired) electrons. The van der Waals surface area contributed by atoms with E-state index in [0.29, 0.717) is 22.3 Å². The Morgan fingerprint density at radius 2 is 1.42 bits per heavy atom. The number of sulfonamides is 1. The molecule has 1 heterocycles. The van der Waals surface area contributed by atoms with Gasteiger partial charge in [-0.2, -0.15) is 0 Å². The first kappa shape index (κ1) is 16.2. The smallest absolute Gasteiger partial charge is 0.262 e. The monoisotopic (exact) mass is 361 g/mol. The predicted octanol–water partition coefficient (Wildman–Crippen LogP) is 4.10. The summed E-state index contributed by atoms with van der Waals surface area (Å²) in [5.74, 6) is 0. The van der Waals surface area contributed by atoms with E-state index in [1.165, 1.54) is 0 Å². The molecule has 4 rings (SSSR count). The summed E-state index contributed by atoms with van der Waals surface area (Å²) >= 11 is 0. The van der Waals surface area contributed by atoms with Crippen LogP contribution in [-0.2, 0) is 10.0 Å². The van der Waals surface area contributed by atoms with Crippen LogP contribution < -0.4 is 4.72 Å². The molecule has 0 bridgehead atoms. The summed E-state index contributed by atoms with van der Waals surface area (Å²) in [7, 11) is -3.76. The SMILES string of the molecule is O=S(=O)(Nc1ccc2nccnc2c1)c1ccccc1-c1ccccc1. The van der Waals surface area contributed by atoms with Gasteiger partial charge in [-0.1, -0.05) is 48.5 Å². The van der Waals surface area contributed by atoms with Gasteiger partial charge in [0.1, 0.15) is 0 Å². The number of hydrogen-bond donors (Lipinski definition) is 1. The number of fused-ring (bicyclic) bond motifs is 1. The summed E-state index contributed by atoms with van der Waals surface area (Å²) in [4.78, 5) is 8.63. The summed E-state index contributed by atoms with van der Waals surface area (Å²) in [5, 5.41) is 0. The van der Waals surface area contributed by atoms with Crippen molar-refractivity contribution in [1.82, 2.24) is 9.97 Å². The van der Waals surface area contributed by atoms with Gasteiger partial charge in [-0.3, -0.25) is 14.7 Å². The molecule has 26 heavy (non-hydrogen) atoms. The summed E-state index contributed by atoms with van der Waals surface area (Å²) in [6.45, 7) is 0. The lowest BCUT2D eigenvalue weighted by Gasteiger charge is -2.13. The number of nitrogens with zero attached hydrogens (tertiary/aromatic N) is 2. The summed E-state index contributed by atoms with van der Waals surface area (Å²) in [6, 6.07) is 21.5. The minimum Gasteiger partial charge on any atom is -0.280 e. The highest BCUT2D eigenvalue weighted by atomic mass is 32.2. The van der Waals surface area contributed by atoms with Crippen molar-refractivity contribution >= 4 is 26.7 Å². The molecule has 0 amide bonds. The minimum absolute atomic E-state index is 0.227. The molecule has 4 aromatic rings. The van der Waals surface area contributed by atoms with E-state index in [9.17, 15) is 8.42 Å². The van der Waals surface area contributed by atoms with Crippen molar-refractivity contribution in [3.8, 4) is 11.1 Å². The molecule has 0 unspecified atom stereocenters. The lowest BCUT2D eigenvalue weighted by molar-refractivity contribution is 0.601. The number of hydrogen-bond acceptors (Lipinski definition) is 4. The molecule has 0 spiro atoms. The van der Waals surface area contributed by atoms with Gasteiger partial charge in [0, 0.05) is 18.0 Å². The Morgan fingerprint density at radius 3 is 2.23 bits per heavy atom. The maximum atomic E-state index is 13.0. The van der Waals surface area contributed by atoms with Gasteiger partial charge in [0.15, 0.2) is 0 Å². The largest absolute Gasteiger partial charge is 0.280 e. The molecule has 0 aliphatic heterocycles. The van der Waals surface area contributed by atoms with Crippen molar-refractivity contribution < 1.29 is 8.42 Å². The Bertz CT molecular complexity index is 1180. The zero-order valence-corrected chi connectivity index (χ0v) is 14.5. The molecule has 6 heteroatoms.